The summed E-state index contributed by atoms with van der Waals surface area (Å²) in [6.45, 7) is 2.19. The maximum Gasteiger partial charge on any atom is 0.264 e. The summed E-state index contributed by atoms with van der Waals surface area (Å²) in [7, 11) is -3.83. The van der Waals surface area contributed by atoms with Crippen LogP contribution in [0.2, 0.25) is 5.02 Å². The Balaban J connectivity index is 1.51. The fourth-order valence-electron chi connectivity index (χ4n) is 5.62. The molecule has 0 spiro atoms. The number of benzene rings is 2. The van der Waals surface area contributed by atoms with Crippen LogP contribution in [0.5, 0.6) is 5.75 Å². The van der Waals surface area contributed by atoms with E-state index in [2.05, 4.69) is 9.62 Å². The molecule has 0 saturated heterocycles. The van der Waals surface area contributed by atoms with Gasteiger partial charge in [-0.05, 0) is 91.8 Å². The molecular weight excluding hydrogens is 528 g/mol. The van der Waals surface area contributed by atoms with Crippen molar-refractivity contribution in [1.29, 1.82) is 0 Å². The maximum absolute atomic E-state index is 13.0. The van der Waals surface area contributed by atoms with Gasteiger partial charge in [-0.15, -0.1) is 0 Å². The molecule has 0 aromatic heterocycles. The zero-order valence-corrected chi connectivity index (χ0v) is 23.0. The van der Waals surface area contributed by atoms with Gasteiger partial charge in [-0.25, -0.2) is 13.1 Å². The van der Waals surface area contributed by atoms with E-state index in [4.69, 9.17) is 21.1 Å². The van der Waals surface area contributed by atoms with Gasteiger partial charge in [-0.3, -0.25) is 4.79 Å². The molecule has 1 aliphatic carbocycles. The first-order chi connectivity index (χ1) is 18.3. The lowest BCUT2D eigenvalue weighted by Crippen LogP contribution is -2.45. The molecule has 2 aromatic carbocycles. The predicted molar refractivity (Wildman–Crippen MR) is 146 cm³/mol. The van der Waals surface area contributed by atoms with Crippen molar-refractivity contribution in [3.8, 4) is 5.75 Å². The fraction of sp³-hybridized carbons (Fsp3) is 0.536. The van der Waals surface area contributed by atoms with Crippen molar-refractivity contribution in [3.63, 3.8) is 0 Å². The molecule has 0 unspecified atom stereocenters. The third-order valence-electron chi connectivity index (χ3n) is 7.90. The molecule has 2 heterocycles. The van der Waals surface area contributed by atoms with Gasteiger partial charge < -0.3 is 19.5 Å². The molecule has 206 valence electrons. The SMILES string of the molecule is O=C1NS(=O)(=O)CCCOC[C@H](O)[C@@H]2CC[C@H]2CN2CCCCc3cc(Cl)ccc3COc3ccc1cc32. The quantitative estimate of drug-likeness (QED) is 0.501. The summed E-state index contributed by atoms with van der Waals surface area (Å²) in [6.07, 6.45) is 4.35. The van der Waals surface area contributed by atoms with Gasteiger partial charge in [-0.2, -0.15) is 0 Å². The van der Waals surface area contributed by atoms with Crippen LogP contribution in [0, 0.1) is 11.8 Å². The van der Waals surface area contributed by atoms with Gasteiger partial charge in [-0.1, -0.05) is 17.7 Å². The summed E-state index contributed by atoms with van der Waals surface area (Å²) in [4.78, 5) is 15.2. The van der Waals surface area contributed by atoms with Crippen molar-refractivity contribution in [1.82, 2.24) is 4.72 Å². The fourth-order valence-corrected chi connectivity index (χ4v) is 6.82. The molecule has 2 bridgehead atoms. The van der Waals surface area contributed by atoms with E-state index < -0.39 is 22.0 Å². The van der Waals surface area contributed by atoms with E-state index in [9.17, 15) is 18.3 Å². The Kier molecular flexibility index (Phi) is 8.47. The van der Waals surface area contributed by atoms with Gasteiger partial charge in [0.1, 0.15) is 12.4 Å². The highest BCUT2D eigenvalue weighted by molar-refractivity contribution is 7.90. The molecule has 0 radical (unpaired) electrons. The Labute approximate surface area is 229 Å². The second-order valence-electron chi connectivity index (χ2n) is 10.5. The van der Waals surface area contributed by atoms with E-state index in [1.165, 1.54) is 5.56 Å². The normalized spacial score (nSPS) is 26.4. The molecule has 2 aliphatic heterocycles. The first-order valence-corrected chi connectivity index (χ1v) is 15.4. The molecular formula is C28H35ClN2O6S. The van der Waals surface area contributed by atoms with Crippen LogP contribution in [-0.2, 0) is 27.8 Å². The smallest absolute Gasteiger partial charge is 0.264 e. The molecule has 10 heteroatoms. The minimum absolute atomic E-state index is 0.118. The number of carbonyl (C=O) groups is 1. The molecule has 38 heavy (non-hydrogen) atoms. The summed E-state index contributed by atoms with van der Waals surface area (Å²) in [5, 5.41) is 11.5. The van der Waals surface area contributed by atoms with Crippen LogP contribution in [0.25, 0.3) is 0 Å². The molecule has 2 aromatic rings. The summed E-state index contributed by atoms with van der Waals surface area (Å²) >= 11 is 6.27. The van der Waals surface area contributed by atoms with Crippen LogP contribution in [-0.4, -0.2) is 57.6 Å². The summed E-state index contributed by atoms with van der Waals surface area (Å²) in [5.74, 6) is 0.144. The summed E-state index contributed by atoms with van der Waals surface area (Å²) < 4.78 is 39.1. The minimum Gasteiger partial charge on any atom is -0.487 e. The van der Waals surface area contributed by atoms with Crippen molar-refractivity contribution < 1.29 is 27.8 Å². The third-order valence-corrected chi connectivity index (χ3v) is 9.46. The highest BCUT2D eigenvalue weighted by Gasteiger charge is 2.38. The zero-order chi connectivity index (χ0) is 26.7. The number of aryl methyl sites for hydroxylation is 1. The number of aliphatic hydroxyl groups is 1. The van der Waals surface area contributed by atoms with Crippen molar-refractivity contribution in [3.05, 3.63) is 58.1 Å². The first kappa shape index (κ1) is 27.2. The zero-order valence-electron chi connectivity index (χ0n) is 21.4. The van der Waals surface area contributed by atoms with Crippen LogP contribution in [0.4, 0.5) is 5.69 Å². The topological polar surface area (TPSA) is 105 Å². The van der Waals surface area contributed by atoms with E-state index >= 15 is 0 Å². The molecule has 1 fully saturated rings. The van der Waals surface area contributed by atoms with Crippen molar-refractivity contribution >= 4 is 33.2 Å². The number of nitrogens with zero attached hydrogens (tertiary/aromatic N) is 1. The van der Waals surface area contributed by atoms with Crippen molar-refractivity contribution in [2.75, 3.05) is 37.0 Å². The molecule has 2 N–H and O–H groups in total. The third kappa shape index (κ3) is 6.45. The van der Waals surface area contributed by atoms with Crippen molar-refractivity contribution in [2.45, 2.75) is 51.2 Å². The largest absolute Gasteiger partial charge is 0.487 e. The molecule has 1 saturated carbocycles. The monoisotopic (exact) mass is 562 g/mol. The lowest BCUT2D eigenvalue weighted by molar-refractivity contribution is -0.0416. The predicted octanol–water partition coefficient (Wildman–Crippen LogP) is 3.93. The standard InChI is InChI=1S/C28H35ClN2O6S/c29-23-8-5-22-17-37-27-10-7-20-15-25(27)31(11-2-1-4-19(22)14-23)16-21-6-9-24(21)26(32)18-36-12-3-13-38(34,35)30-28(20)33/h5,7-8,10,14-15,21,24,26,32H,1-4,6,9,11-13,16-18H2,(H,30,33)/t21-,24+,26-/m0/s1. The van der Waals surface area contributed by atoms with Crippen LogP contribution < -0.4 is 14.4 Å². The molecule has 5 rings (SSSR count). The van der Waals surface area contributed by atoms with E-state index in [-0.39, 0.29) is 42.8 Å². The number of amides is 1. The second-order valence-corrected chi connectivity index (χ2v) is 12.8. The number of anilines is 1. The van der Waals surface area contributed by atoms with Gasteiger partial charge in [0, 0.05) is 30.3 Å². The van der Waals surface area contributed by atoms with E-state index in [0.29, 0.717) is 23.9 Å². The Morgan fingerprint density at radius 3 is 2.74 bits per heavy atom. The number of fused-ring (bicyclic) bond motifs is 3. The van der Waals surface area contributed by atoms with E-state index in [0.717, 1.165) is 49.9 Å². The minimum atomic E-state index is -3.83. The lowest BCUT2D eigenvalue weighted by Gasteiger charge is -2.43. The van der Waals surface area contributed by atoms with Gasteiger partial charge in [0.2, 0.25) is 10.0 Å². The summed E-state index contributed by atoms with van der Waals surface area (Å²) in [5.41, 5.74) is 3.26. The number of aliphatic hydroxyl groups excluding tert-OH is 1. The summed E-state index contributed by atoms with van der Waals surface area (Å²) in [6, 6.07) is 10.9. The number of hydrogen-bond donors (Lipinski definition) is 2. The molecule has 8 nitrogen and oxygen atoms in total. The van der Waals surface area contributed by atoms with Crippen LogP contribution >= 0.6 is 11.6 Å². The van der Waals surface area contributed by atoms with Gasteiger partial charge in [0.25, 0.3) is 5.91 Å². The second kappa shape index (κ2) is 11.8. The molecule has 3 atom stereocenters. The number of carbonyl (C=O) groups excluding carboxylic acids is 1. The number of nitrogens with one attached hydrogen (secondary N) is 1. The number of hydrogen-bond acceptors (Lipinski definition) is 7. The Bertz CT molecular complexity index is 1270. The van der Waals surface area contributed by atoms with Crippen molar-refractivity contribution in [2.24, 2.45) is 11.8 Å². The highest BCUT2D eigenvalue weighted by atomic mass is 35.5. The van der Waals surface area contributed by atoms with Gasteiger partial charge in [0.05, 0.1) is 24.2 Å². The lowest BCUT2D eigenvalue weighted by atomic mass is 9.70. The number of ether oxygens (including phenoxy) is 2. The molecule has 1 amide bonds. The van der Waals surface area contributed by atoms with E-state index in [1.54, 1.807) is 18.2 Å². The number of sulfonamides is 1. The van der Waals surface area contributed by atoms with Crippen LogP contribution in [0.1, 0.15) is 53.6 Å². The average Bonchev–Trinajstić information content (AvgIpc) is 2.88. The highest BCUT2D eigenvalue weighted by Crippen LogP contribution is 2.40. The Morgan fingerprint density at radius 1 is 1.05 bits per heavy atom. The van der Waals surface area contributed by atoms with Gasteiger partial charge in [0.15, 0.2) is 0 Å². The first-order valence-electron chi connectivity index (χ1n) is 13.4. The van der Waals surface area contributed by atoms with Crippen LogP contribution in [0.15, 0.2) is 36.4 Å². The average molecular weight is 563 g/mol. The van der Waals surface area contributed by atoms with E-state index in [1.807, 2.05) is 18.2 Å². The Hall–Kier alpha value is -2.33. The van der Waals surface area contributed by atoms with Gasteiger partial charge >= 0.3 is 0 Å². The van der Waals surface area contributed by atoms with Crippen LogP contribution in [0.3, 0.4) is 0 Å². The number of halogens is 1. The maximum atomic E-state index is 13.0. The molecule has 3 aliphatic rings. The number of rotatable bonds is 0. The Morgan fingerprint density at radius 2 is 1.92 bits per heavy atom.